The van der Waals surface area contributed by atoms with Crippen LogP contribution in [0, 0.1) is 11.6 Å². The summed E-state index contributed by atoms with van der Waals surface area (Å²) < 4.78 is 67.1. The van der Waals surface area contributed by atoms with E-state index in [1.165, 1.54) is 12.3 Å². The Balaban J connectivity index is 1.60. The van der Waals surface area contributed by atoms with Crippen molar-refractivity contribution in [1.82, 2.24) is 9.62 Å². The lowest BCUT2D eigenvalue weighted by Gasteiger charge is -2.41. The SMILES string of the molecule is CS(=O)(=O)N[C@H]1CCCN2CCOc3c(F)cc(F)cc3C3CCC(CC3)OCC12. The van der Waals surface area contributed by atoms with Crippen molar-refractivity contribution in [3.63, 3.8) is 0 Å². The highest BCUT2D eigenvalue weighted by atomic mass is 32.2. The summed E-state index contributed by atoms with van der Waals surface area (Å²) in [7, 11) is -3.34. The summed E-state index contributed by atoms with van der Waals surface area (Å²) in [6.45, 7) is 2.00. The molecule has 30 heavy (non-hydrogen) atoms. The van der Waals surface area contributed by atoms with Crippen LogP contribution in [-0.2, 0) is 14.8 Å². The molecular weight excluding hydrogens is 414 g/mol. The number of fused-ring (bicyclic) bond motifs is 5. The van der Waals surface area contributed by atoms with Gasteiger partial charge in [0.25, 0.3) is 0 Å². The van der Waals surface area contributed by atoms with Crippen LogP contribution in [-0.4, -0.2) is 64.1 Å². The van der Waals surface area contributed by atoms with Gasteiger partial charge in [-0.25, -0.2) is 21.9 Å². The Morgan fingerprint density at radius 3 is 2.60 bits per heavy atom. The minimum atomic E-state index is -3.34. The van der Waals surface area contributed by atoms with E-state index in [2.05, 4.69) is 9.62 Å². The molecule has 0 spiro atoms. The van der Waals surface area contributed by atoms with E-state index in [0.717, 1.165) is 51.1 Å². The van der Waals surface area contributed by atoms with E-state index >= 15 is 0 Å². The summed E-state index contributed by atoms with van der Waals surface area (Å²) in [4.78, 5) is 2.16. The zero-order chi connectivity index (χ0) is 21.3. The molecule has 0 aromatic heterocycles. The van der Waals surface area contributed by atoms with E-state index in [1.807, 2.05) is 0 Å². The van der Waals surface area contributed by atoms with Crippen molar-refractivity contribution >= 4 is 10.0 Å². The maximum Gasteiger partial charge on any atom is 0.209 e. The number of sulfonamides is 1. The lowest BCUT2D eigenvalue weighted by atomic mass is 9.82. The third kappa shape index (κ3) is 5.12. The fourth-order valence-electron chi connectivity index (χ4n) is 5.11. The van der Waals surface area contributed by atoms with Gasteiger partial charge < -0.3 is 9.47 Å². The van der Waals surface area contributed by atoms with Crippen molar-refractivity contribution in [2.24, 2.45) is 0 Å². The normalized spacial score (nSPS) is 30.9. The quantitative estimate of drug-likeness (QED) is 0.760. The smallest absolute Gasteiger partial charge is 0.209 e. The van der Waals surface area contributed by atoms with E-state index < -0.39 is 21.7 Å². The molecule has 5 rings (SSSR count). The van der Waals surface area contributed by atoms with Crippen molar-refractivity contribution in [2.45, 2.75) is 62.6 Å². The average molecular weight is 445 g/mol. The maximum atomic E-state index is 14.6. The van der Waals surface area contributed by atoms with Crippen LogP contribution in [0.5, 0.6) is 5.75 Å². The monoisotopic (exact) mass is 444 g/mol. The Kier molecular flexibility index (Phi) is 6.62. The summed E-state index contributed by atoms with van der Waals surface area (Å²) >= 11 is 0. The van der Waals surface area contributed by atoms with Gasteiger partial charge in [0.1, 0.15) is 12.4 Å². The molecule has 1 aliphatic carbocycles. The molecule has 1 saturated carbocycles. The third-order valence-electron chi connectivity index (χ3n) is 6.54. The van der Waals surface area contributed by atoms with E-state index in [1.54, 1.807) is 0 Å². The van der Waals surface area contributed by atoms with Crippen LogP contribution in [0.25, 0.3) is 0 Å². The molecule has 3 heterocycles. The van der Waals surface area contributed by atoms with E-state index in [-0.39, 0.29) is 36.5 Å². The molecule has 2 atom stereocenters. The number of hydrogen-bond donors (Lipinski definition) is 1. The van der Waals surface area contributed by atoms with E-state index in [4.69, 9.17) is 9.47 Å². The van der Waals surface area contributed by atoms with Crippen LogP contribution < -0.4 is 9.46 Å². The number of halogens is 2. The Morgan fingerprint density at radius 2 is 1.87 bits per heavy atom. The van der Waals surface area contributed by atoms with E-state index in [9.17, 15) is 17.2 Å². The second kappa shape index (κ2) is 9.06. The van der Waals surface area contributed by atoms with Crippen LogP contribution in [0.3, 0.4) is 0 Å². The standard InChI is InChI=1S/C21H30F2N2O4S/c1-30(26,27)24-19-3-2-8-25-9-10-28-21-17(11-15(22)12-18(21)23)14-4-6-16(7-5-14)29-13-20(19)25/h11-12,14,16,19-20,24H,2-10,13H2,1H3/t14?,16?,19-,20?/m0/s1. The average Bonchev–Trinajstić information content (AvgIpc) is 2.69. The number of benzene rings is 1. The fourth-order valence-corrected chi connectivity index (χ4v) is 5.94. The third-order valence-corrected chi connectivity index (χ3v) is 7.27. The largest absolute Gasteiger partial charge is 0.489 e. The minimum absolute atomic E-state index is 0.0491. The summed E-state index contributed by atoms with van der Waals surface area (Å²) in [5.74, 6) is -1.04. The molecule has 1 N–H and O–H groups in total. The molecule has 1 saturated heterocycles. The molecule has 168 valence electrons. The Labute approximate surface area is 177 Å². The summed E-state index contributed by atoms with van der Waals surface area (Å²) in [5, 5.41) is 0. The zero-order valence-electron chi connectivity index (χ0n) is 17.3. The molecule has 6 nitrogen and oxygen atoms in total. The number of nitrogens with zero attached hydrogens (tertiary/aromatic N) is 1. The molecule has 0 radical (unpaired) electrons. The molecule has 9 heteroatoms. The topological polar surface area (TPSA) is 67.9 Å². The van der Waals surface area contributed by atoms with Gasteiger partial charge in [0.2, 0.25) is 10.0 Å². The molecule has 4 aliphatic rings. The second-order valence-electron chi connectivity index (χ2n) is 8.70. The number of piperidine rings is 1. The summed E-state index contributed by atoms with van der Waals surface area (Å²) in [5.41, 5.74) is 0.608. The Bertz CT molecular complexity index is 859. The minimum Gasteiger partial charge on any atom is -0.489 e. The molecule has 1 unspecified atom stereocenters. The van der Waals surface area contributed by atoms with Crippen molar-refractivity contribution in [3.8, 4) is 5.75 Å². The first-order chi connectivity index (χ1) is 14.3. The number of hydrogen-bond acceptors (Lipinski definition) is 5. The van der Waals surface area contributed by atoms with Crippen molar-refractivity contribution in [2.75, 3.05) is 32.6 Å². The number of nitrogens with one attached hydrogen (secondary N) is 1. The van der Waals surface area contributed by atoms with Gasteiger partial charge in [0.05, 0.1) is 19.0 Å². The maximum absolute atomic E-state index is 14.6. The highest BCUT2D eigenvalue weighted by Gasteiger charge is 2.35. The highest BCUT2D eigenvalue weighted by Crippen LogP contribution is 2.40. The van der Waals surface area contributed by atoms with Gasteiger partial charge in [-0.3, -0.25) is 4.90 Å². The molecule has 2 bridgehead atoms. The highest BCUT2D eigenvalue weighted by molar-refractivity contribution is 7.88. The Hall–Kier alpha value is -1.29. The lowest BCUT2D eigenvalue weighted by molar-refractivity contribution is -0.0284. The zero-order valence-corrected chi connectivity index (χ0v) is 18.1. The molecule has 0 amide bonds. The number of ether oxygens (including phenoxy) is 2. The van der Waals surface area contributed by atoms with Gasteiger partial charge in [0, 0.05) is 30.3 Å². The summed E-state index contributed by atoms with van der Waals surface area (Å²) in [6.07, 6.45) is 6.03. The van der Waals surface area contributed by atoms with Crippen LogP contribution in [0.15, 0.2) is 12.1 Å². The molecule has 1 aromatic carbocycles. The molecule has 3 aliphatic heterocycles. The van der Waals surface area contributed by atoms with Gasteiger partial charge in [-0.1, -0.05) is 0 Å². The molecule has 1 aromatic rings. The predicted octanol–water partition coefficient (Wildman–Crippen LogP) is 2.78. The lowest BCUT2D eigenvalue weighted by Crippen LogP contribution is -2.58. The van der Waals surface area contributed by atoms with Crippen molar-refractivity contribution in [1.29, 1.82) is 0 Å². The van der Waals surface area contributed by atoms with Crippen LogP contribution in [0.4, 0.5) is 8.78 Å². The van der Waals surface area contributed by atoms with Gasteiger partial charge in [-0.05, 0) is 57.1 Å². The predicted molar refractivity (Wildman–Crippen MR) is 109 cm³/mol. The molecule has 2 fully saturated rings. The van der Waals surface area contributed by atoms with Gasteiger partial charge in [-0.15, -0.1) is 0 Å². The first-order valence-corrected chi connectivity index (χ1v) is 12.6. The fraction of sp³-hybridized carbons (Fsp3) is 0.714. The Morgan fingerprint density at radius 1 is 1.10 bits per heavy atom. The molecular formula is C21H30F2N2O4S. The van der Waals surface area contributed by atoms with Crippen molar-refractivity contribution < 1.29 is 26.7 Å². The first kappa shape index (κ1) is 21.9. The van der Waals surface area contributed by atoms with E-state index in [0.29, 0.717) is 18.7 Å². The first-order valence-electron chi connectivity index (χ1n) is 10.7. The van der Waals surface area contributed by atoms with Gasteiger partial charge in [0.15, 0.2) is 11.6 Å². The van der Waals surface area contributed by atoms with Crippen LogP contribution >= 0.6 is 0 Å². The van der Waals surface area contributed by atoms with Crippen LogP contribution in [0.2, 0.25) is 0 Å². The van der Waals surface area contributed by atoms with Gasteiger partial charge in [-0.2, -0.15) is 0 Å². The van der Waals surface area contributed by atoms with Crippen LogP contribution in [0.1, 0.15) is 50.0 Å². The number of rotatable bonds is 2. The summed E-state index contributed by atoms with van der Waals surface area (Å²) in [6, 6.07) is 1.95. The second-order valence-corrected chi connectivity index (χ2v) is 10.5. The van der Waals surface area contributed by atoms with Gasteiger partial charge >= 0.3 is 0 Å². The van der Waals surface area contributed by atoms with Crippen molar-refractivity contribution in [3.05, 3.63) is 29.3 Å².